The quantitative estimate of drug-likeness (QED) is 0.779. The summed E-state index contributed by atoms with van der Waals surface area (Å²) in [6, 6.07) is 8.30. The molecule has 2 nitrogen and oxygen atoms in total. The van der Waals surface area contributed by atoms with Crippen molar-refractivity contribution in [3.8, 4) is 0 Å². The molecule has 0 spiro atoms. The van der Waals surface area contributed by atoms with Gasteiger partial charge in [-0.1, -0.05) is 17.7 Å². The number of halogens is 2. The lowest BCUT2D eigenvalue weighted by Gasteiger charge is -2.09. The zero-order valence-corrected chi connectivity index (χ0v) is 12.0. The molecule has 20 heavy (non-hydrogen) atoms. The lowest BCUT2D eigenvalue weighted by atomic mass is 10.1. The van der Waals surface area contributed by atoms with E-state index >= 15 is 0 Å². The van der Waals surface area contributed by atoms with Crippen LogP contribution in [0.5, 0.6) is 0 Å². The molecule has 0 aliphatic rings. The van der Waals surface area contributed by atoms with Crippen LogP contribution in [0, 0.1) is 5.82 Å². The molecule has 2 aromatic heterocycles. The van der Waals surface area contributed by atoms with Crippen molar-refractivity contribution < 1.29 is 9.50 Å². The summed E-state index contributed by atoms with van der Waals surface area (Å²) in [6.45, 7) is 0. The third-order valence-electron chi connectivity index (χ3n) is 3.10. The van der Waals surface area contributed by atoms with Crippen molar-refractivity contribution in [2.75, 3.05) is 0 Å². The van der Waals surface area contributed by atoms with E-state index in [1.807, 2.05) is 6.07 Å². The fraction of sp³-hybridized carbons (Fsp3) is 0.133. The maximum Gasteiger partial charge on any atom is 0.124 e. The normalized spacial score (nSPS) is 12.8. The Bertz CT molecular complexity index is 758. The number of hydrogen-bond acceptors (Lipinski definition) is 3. The number of aliphatic hydroxyl groups excluding tert-OH is 1. The molecule has 0 radical (unpaired) electrons. The second-order valence-electron chi connectivity index (χ2n) is 4.52. The van der Waals surface area contributed by atoms with Crippen molar-refractivity contribution in [2.24, 2.45) is 0 Å². The molecule has 0 amide bonds. The molecule has 0 saturated heterocycles. The number of thiophene rings is 1. The predicted molar refractivity (Wildman–Crippen MR) is 79.7 cm³/mol. The summed E-state index contributed by atoms with van der Waals surface area (Å²) >= 11 is 7.43. The zero-order chi connectivity index (χ0) is 14.1. The van der Waals surface area contributed by atoms with Gasteiger partial charge in [-0.25, -0.2) is 4.39 Å². The topological polar surface area (TPSA) is 33.1 Å². The van der Waals surface area contributed by atoms with Gasteiger partial charge in [0.25, 0.3) is 0 Å². The van der Waals surface area contributed by atoms with Gasteiger partial charge < -0.3 is 5.11 Å². The number of benzene rings is 1. The maximum absolute atomic E-state index is 13.2. The van der Waals surface area contributed by atoms with E-state index in [4.69, 9.17) is 11.6 Å². The van der Waals surface area contributed by atoms with Gasteiger partial charge in [0.15, 0.2) is 0 Å². The highest BCUT2D eigenvalue weighted by Crippen LogP contribution is 2.32. The minimum Gasteiger partial charge on any atom is -0.387 e. The molecular weight excluding hydrogens is 297 g/mol. The van der Waals surface area contributed by atoms with Gasteiger partial charge in [-0.3, -0.25) is 4.98 Å². The van der Waals surface area contributed by atoms with E-state index in [2.05, 4.69) is 4.98 Å². The van der Waals surface area contributed by atoms with Crippen LogP contribution in [0.1, 0.15) is 16.5 Å². The van der Waals surface area contributed by atoms with Gasteiger partial charge in [0, 0.05) is 28.4 Å². The Hall–Kier alpha value is -1.49. The Morgan fingerprint density at radius 3 is 2.95 bits per heavy atom. The van der Waals surface area contributed by atoms with Crippen LogP contribution in [0.25, 0.3) is 10.1 Å². The van der Waals surface area contributed by atoms with Gasteiger partial charge in [0.05, 0.1) is 11.1 Å². The highest BCUT2D eigenvalue weighted by Gasteiger charge is 2.14. The maximum atomic E-state index is 13.2. The van der Waals surface area contributed by atoms with Crippen molar-refractivity contribution in [3.63, 3.8) is 0 Å². The number of rotatable bonds is 3. The van der Waals surface area contributed by atoms with E-state index < -0.39 is 6.10 Å². The molecule has 3 rings (SSSR count). The smallest absolute Gasteiger partial charge is 0.124 e. The molecule has 1 N–H and O–H groups in total. The van der Waals surface area contributed by atoms with Crippen LogP contribution < -0.4 is 0 Å². The van der Waals surface area contributed by atoms with Crippen molar-refractivity contribution in [2.45, 2.75) is 12.5 Å². The van der Waals surface area contributed by atoms with Gasteiger partial charge in [0.1, 0.15) is 5.82 Å². The largest absolute Gasteiger partial charge is 0.387 e. The molecule has 0 aliphatic carbocycles. The van der Waals surface area contributed by atoms with Crippen LogP contribution in [0.15, 0.2) is 42.7 Å². The minimum atomic E-state index is -0.657. The van der Waals surface area contributed by atoms with E-state index in [0.717, 1.165) is 20.5 Å². The molecule has 102 valence electrons. The van der Waals surface area contributed by atoms with Crippen LogP contribution in [0.2, 0.25) is 5.02 Å². The standard InChI is InChI=1S/C15H11ClFNOS/c16-12-8-18-4-3-9(12)5-13(19)15-6-10-1-2-11(17)7-14(10)20-15/h1-4,6-8,13,19H,5H2. The second-order valence-corrected chi connectivity index (χ2v) is 6.04. The van der Waals surface area contributed by atoms with E-state index in [1.54, 1.807) is 24.5 Å². The monoisotopic (exact) mass is 307 g/mol. The van der Waals surface area contributed by atoms with Crippen LogP contribution >= 0.6 is 22.9 Å². The van der Waals surface area contributed by atoms with E-state index in [1.165, 1.54) is 23.5 Å². The van der Waals surface area contributed by atoms with Gasteiger partial charge in [-0.2, -0.15) is 0 Å². The Kier molecular flexibility index (Phi) is 3.70. The summed E-state index contributed by atoms with van der Waals surface area (Å²) in [5.74, 6) is -0.266. The van der Waals surface area contributed by atoms with E-state index in [9.17, 15) is 9.50 Å². The Morgan fingerprint density at radius 2 is 2.15 bits per heavy atom. The number of aromatic nitrogens is 1. The molecule has 0 fully saturated rings. The summed E-state index contributed by atoms with van der Waals surface area (Å²) in [4.78, 5) is 4.72. The molecule has 2 heterocycles. The van der Waals surface area contributed by atoms with Crippen LogP contribution in [-0.4, -0.2) is 10.1 Å². The summed E-state index contributed by atoms with van der Waals surface area (Å²) in [6.07, 6.45) is 2.96. The summed E-state index contributed by atoms with van der Waals surface area (Å²) in [5.41, 5.74) is 0.845. The molecule has 0 aliphatic heterocycles. The van der Waals surface area contributed by atoms with Gasteiger partial charge in [0.2, 0.25) is 0 Å². The summed E-state index contributed by atoms with van der Waals surface area (Å²) < 4.78 is 14.0. The average Bonchev–Trinajstić information content (AvgIpc) is 2.84. The molecule has 1 atom stereocenters. The first-order valence-corrected chi connectivity index (χ1v) is 7.28. The first-order chi connectivity index (χ1) is 9.63. The Morgan fingerprint density at radius 1 is 1.30 bits per heavy atom. The number of nitrogens with zero attached hydrogens (tertiary/aromatic N) is 1. The van der Waals surface area contributed by atoms with Crippen LogP contribution in [-0.2, 0) is 6.42 Å². The van der Waals surface area contributed by atoms with Crippen molar-refractivity contribution in [3.05, 3.63) is 64.0 Å². The predicted octanol–water partition coefficient (Wildman–Crippen LogP) is 4.36. The first kappa shape index (κ1) is 13.5. The van der Waals surface area contributed by atoms with Gasteiger partial charge in [-0.15, -0.1) is 11.3 Å². The molecule has 1 unspecified atom stereocenters. The van der Waals surface area contributed by atoms with E-state index in [0.29, 0.717) is 11.4 Å². The van der Waals surface area contributed by atoms with Crippen molar-refractivity contribution in [1.82, 2.24) is 4.98 Å². The highest BCUT2D eigenvalue weighted by molar-refractivity contribution is 7.19. The first-order valence-electron chi connectivity index (χ1n) is 6.09. The molecule has 0 bridgehead atoms. The van der Waals surface area contributed by atoms with Crippen LogP contribution in [0.4, 0.5) is 4.39 Å². The number of hydrogen-bond donors (Lipinski definition) is 1. The Balaban J connectivity index is 1.89. The highest BCUT2D eigenvalue weighted by atomic mass is 35.5. The molecule has 1 aromatic carbocycles. The average molecular weight is 308 g/mol. The lowest BCUT2D eigenvalue weighted by molar-refractivity contribution is 0.182. The summed E-state index contributed by atoms with van der Waals surface area (Å²) in [5, 5.41) is 11.8. The molecule has 5 heteroatoms. The number of pyridine rings is 1. The Labute approximate surface area is 124 Å². The molecular formula is C15H11ClFNOS. The van der Waals surface area contributed by atoms with E-state index in [-0.39, 0.29) is 5.82 Å². The molecule has 3 aromatic rings. The third kappa shape index (κ3) is 2.68. The lowest BCUT2D eigenvalue weighted by Crippen LogP contribution is -2.00. The zero-order valence-electron chi connectivity index (χ0n) is 10.4. The SMILES string of the molecule is OC(Cc1ccncc1Cl)c1cc2ccc(F)cc2s1. The van der Waals surface area contributed by atoms with Crippen LogP contribution in [0.3, 0.4) is 0 Å². The number of aliphatic hydroxyl groups is 1. The molecule has 0 saturated carbocycles. The fourth-order valence-electron chi connectivity index (χ4n) is 2.07. The van der Waals surface area contributed by atoms with Gasteiger partial charge >= 0.3 is 0 Å². The second kappa shape index (κ2) is 5.48. The van der Waals surface area contributed by atoms with Crippen molar-refractivity contribution >= 4 is 33.0 Å². The fourth-order valence-corrected chi connectivity index (χ4v) is 3.34. The minimum absolute atomic E-state index is 0.266. The van der Waals surface area contributed by atoms with Crippen molar-refractivity contribution in [1.29, 1.82) is 0 Å². The number of fused-ring (bicyclic) bond motifs is 1. The van der Waals surface area contributed by atoms with Gasteiger partial charge in [-0.05, 0) is 35.2 Å². The third-order valence-corrected chi connectivity index (χ3v) is 4.64. The summed E-state index contributed by atoms with van der Waals surface area (Å²) in [7, 11) is 0.